The second-order valence-corrected chi connectivity index (χ2v) is 18.5. The SMILES string of the molecule is CC(C)([CH2][Ti]([CH2]C(C)(C)c1ccccc1)([CH2]C(C)(C)c1ccccc1)[O]c1ccccc1)c1ccccc1. The first-order valence-electron chi connectivity index (χ1n) is 13.9. The van der Waals surface area contributed by atoms with Gasteiger partial charge in [0, 0.05) is 0 Å². The van der Waals surface area contributed by atoms with Crippen molar-refractivity contribution in [2.24, 2.45) is 0 Å². The Morgan fingerprint density at radius 3 is 0.974 bits per heavy atom. The van der Waals surface area contributed by atoms with Crippen molar-refractivity contribution in [2.75, 3.05) is 0 Å². The van der Waals surface area contributed by atoms with Gasteiger partial charge in [0.2, 0.25) is 0 Å². The maximum absolute atomic E-state index is 7.46. The van der Waals surface area contributed by atoms with Crippen LogP contribution in [0.25, 0.3) is 0 Å². The summed E-state index contributed by atoms with van der Waals surface area (Å²) in [6, 6.07) is 43.7. The summed E-state index contributed by atoms with van der Waals surface area (Å²) < 4.78 is 10.7. The molecule has 4 rings (SSSR count). The van der Waals surface area contributed by atoms with Gasteiger partial charge in [0.15, 0.2) is 0 Å². The van der Waals surface area contributed by atoms with E-state index >= 15 is 0 Å². The van der Waals surface area contributed by atoms with Crippen LogP contribution >= 0.6 is 0 Å². The van der Waals surface area contributed by atoms with Gasteiger partial charge in [-0.1, -0.05) is 0 Å². The second kappa shape index (κ2) is 11.6. The van der Waals surface area contributed by atoms with Crippen molar-refractivity contribution in [1.29, 1.82) is 0 Å². The maximum atomic E-state index is 7.46. The van der Waals surface area contributed by atoms with Gasteiger partial charge >= 0.3 is 236 Å². The van der Waals surface area contributed by atoms with Gasteiger partial charge in [0.05, 0.1) is 0 Å². The van der Waals surface area contributed by atoms with Crippen molar-refractivity contribution >= 4 is 0 Å². The number of benzene rings is 4. The Labute approximate surface area is 235 Å². The molecule has 0 aromatic heterocycles. The third kappa shape index (κ3) is 7.07. The van der Waals surface area contributed by atoms with Gasteiger partial charge in [0.1, 0.15) is 0 Å². The van der Waals surface area contributed by atoms with Crippen LogP contribution in [0.4, 0.5) is 0 Å². The molecule has 0 spiro atoms. The molecule has 0 saturated heterocycles. The fourth-order valence-corrected chi connectivity index (χ4v) is 16.8. The molecule has 0 fully saturated rings. The van der Waals surface area contributed by atoms with E-state index in [-0.39, 0.29) is 16.2 Å². The van der Waals surface area contributed by atoms with Gasteiger partial charge in [-0.15, -0.1) is 0 Å². The Morgan fingerprint density at radius 2 is 0.684 bits per heavy atom. The van der Waals surface area contributed by atoms with Crippen molar-refractivity contribution in [3.8, 4) is 5.75 Å². The van der Waals surface area contributed by atoms with Crippen LogP contribution in [0, 0.1) is 0 Å². The summed E-state index contributed by atoms with van der Waals surface area (Å²) >= 11 is -3.21. The Bertz CT molecular complexity index is 1130. The molecule has 0 radical (unpaired) electrons. The van der Waals surface area contributed by atoms with E-state index in [4.69, 9.17) is 3.32 Å². The molecule has 2 heteroatoms. The quantitative estimate of drug-likeness (QED) is 0.172. The molecule has 0 aliphatic carbocycles. The molecular formula is C36H44OTi. The van der Waals surface area contributed by atoms with Crippen molar-refractivity contribution in [1.82, 2.24) is 0 Å². The van der Waals surface area contributed by atoms with Crippen LogP contribution in [0.3, 0.4) is 0 Å². The predicted octanol–water partition coefficient (Wildman–Crippen LogP) is 10.3. The molecule has 0 aliphatic heterocycles. The fourth-order valence-electron chi connectivity index (χ4n) is 6.42. The van der Waals surface area contributed by atoms with Gasteiger partial charge in [-0.3, -0.25) is 0 Å². The zero-order chi connectivity index (χ0) is 27.3. The van der Waals surface area contributed by atoms with Crippen molar-refractivity contribution in [3.05, 3.63) is 138 Å². The first kappa shape index (κ1) is 28.4. The van der Waals surface area contributed by atoms with Crippen LogP contribution in [0.5, 0.6) is 5.75 Å². The summed E-state index contributed by atoms with van der Waals surface area (Å²) in [7, 11) is 0. The van der Waals surface area contributed by atoms with Gasteiger partial charge < -0.3 is 0 Å². The zero-order valence-electron chi connectivity index (χ0n) is 24.1. The average Bonchev–Trinajstić information content (AvgIpc) is 2.90. The van der Waals surface area contributed by atoms with E-state index in [2.05, 4.69) is 163 Å². The van der Waals surface area contributed by atoms with E-state index in [0.29, 0.717) is 0 Å². The summed E-state index contributed by atoms with van der Waals surface area (Å²) in [5.74, 6) is 1.02. The number of hydrogen-bond acceptors (Lipinski definition) is 1. The van der Waals surface area contributed by atoms with Gasteiger partial charge in [0.25, 0.3) is 0 Å². The van der Waals surface area contributed by atoms with Gasteiger partial charge in [-0.05, 0) is 0 Å². The van der Waals surface area contributed by atoms with Crippen LogP contribution < -0.4 is 3.32 Å². The van der Waals surface area contributed by atoms with Crippen LogP contribution in [0.2, 0.25) is 14.2 Å². The van der Waals surface area contributed by atoms with Crippen molar-refractivity contribution in [3.63, 3.8) is 0 Å². The van der Waals surface area contributed by atoms with Crippen LogP contribution in [0.15, 0.2) is 121 Å². The molecule has 0 unspecified atom stereocenters. The van der Waals surface area contributed by atoms with Crippen LogP contribution in [-0.4, -0.2) is 0 Å². The molecule has 0 heterocycles. The van der Waals surface area contributed by atoms with Crippen molar-refractivity contribution < 1.29 is 20.3 Å². The molecular weight excluding hydrogens is 496 g/mol. The molecule has 198 valence electrons. The second-order valence-electron chi connectivity index (χ2n) is 12.9. The van der Waals surface area contributed by atoms with E-state index < -0.39 is 17.0 Å². The summed E-state index contributed by atoms with van der Waals surface area (Å²) in [4.78, 5) is 0. The minimum absolute atomic E-state index is 0.00439. The normalized spacial score (nSPS) is 12.8. The number of hydrogen-bond donors (Lipinski definition) is 0. The molecule has 0 aliphatic rings. The van der Waals surface area contributed by atoms with E-state index in [1.807, 2.05) is 0 Å². The van der Waals surface area contributed by atoms with E-state index in [0.717, 1.165) is 19.9 Å². The molecule has 38 heavy (non-hydrogen) atoms. The third-order valence-corrected chi connectivity index (χ3v) is 16.2. The molecule has 4 aromatic rings. The van der Waals surface area contributed by atoms with Crippen LogP contribution in [-0.2, 0) is 33.2 Å². The molecule has 4 aromatic carbocycles. The van der Waals surface area contributed by atoms with E-state index in [1.165, 1.54) is 16.7 Å². The van der Waals surface area contributed by atoms with Crippen molar-refractivity contribution in [2.45, 2.75) is 72.0 Å². The molecule has 0 atom stereocenters. The Kier molecular flexibility index (Phi) is 8.70. The molecule has 0 N–H and O–H groups in total. The number of para-hydroxylation sites is 1. The van der Waals surface area contributed by atoms with E-state index in [1.54, 1.807) is 0 Å². The monoisotopic (exact) mass is 540 g/mol. The zero-order valence-corrected chi connectivity index (χ0v) is 25.6. The van der Waals surface area contributed by atoms with Crippen LogP contribution in [0.1, 0.15) is 58.2 Å². The summed E-state index contributed by atoms with van der Waals surface area (Å²) in [5.41, 5.74) is 4.16. The standard InChI is InChI=1S/3C10H13.C6H6O.Ti/c3*1-10(2,3)9-7-5-4-6-8-9;7-6-4-2-1-3-5-6;/h3*4-8H,1H2,2-3H3;1-5,7H;/q;;;;+1/p-1. The van der Waals surface area contributed by atoms with E-state index in [9.17, 15) is 0 Å². The Hall–Kier alpha value is -2.61. The number of rotatable bonds is 11. The molecule has 0 saturated carbocycles. The molecule has 1 nitrogen and oxygen atoms in total. The first-order chi connectivity index (χ1) is 18.0. The topological polar surface area (TPSA) is 9.23 Å². The first-order valence-corrected chi connectivity index (χ1v) is 17.9. The predicted molar refractivity (Wildman–Crippen MR) is 160 cm³/mol. The Morgan fingerprint density at radius 1 is 0.421 bits per heavy atom. The molecule has 0 amide bonds. The van der Waals surface area contributed by atoms with Gasteiger partial charge in [-0.25, -0.2) is 0 Å². The fraction of sp³-hybridized carbons (Fsp3) is 0.333. The average molecular weight is 541 g/mol. The third-order valence-electron chi connectivity index (χ3n) is 8.04. The summed E-state index contributed by atoms with van der Waals surface area (Å²) in [6.07, 6.45) is 0. The van der Waals surface area contributed by atoms with Gasteiger partial charge in [-0.2, -0.15) is 0 Å². The summed E-state index contributed by atoms with van der Waals surface area (Å²) in [5, 5.41) is 0. The Balaban J connectivity index is 1.85. The summed E-state index contributed by atoms with van der Waals surface area (Å²) in [6.45, 7) is 14.5. The minimum atomic E-state index is -3.21. The molecule has 0 bridgehead atoms.